The van der Waals surface area contributed by atoms with Gasteiger partial charge in [-0.25, -0.2) is 9.37 Å². The van der Waals surface area contributed by atoms with Crippen molar-refractivity contribution in [3.63, 3.8) is 0 Å². The van der Waals surface area contributed by atoms with Gasteiger partial charge in [0.05, 0.1) is 31.4 Å². The Bertz CT molecular complexity index is 1010. The Labute approximate surface area is 158 Å². The minimum Gasteiger partial charge on any atom is -0.494 e. The first-order valence-corrected chi connectivity index (χ1v) is 8.92. The monoisotopic (exact) mass is 397 g/mol. The summed E-state index contributed by atoms with van der Waals surface area (Å²) in [6.07, 6.45) is -3.51. The van der Waals surface area contributed by atoms with Crippen LogP contribution in [0.3, 0.4) is 0 Å². The number of aromatic nitrogens is 2. The first kappa shape index (κ1) is 18.9. The van der Waals surface area contributed by atoms with Gasteiger partial charge >= 0.3 is 6.18 Å². The smallest absolute Gasteiger partial charge is 0.435 e. The van der Waals surface area contributed by atoms with Crippen molar-refractivity contribution in [2.24, 2.45) is 0 Å². The molecule has 4 rings (SSSR count). The maximum absolute atomic E-state index is 14.3. The van der Waals surface area contributed by atoms with E-state index in [9.17, 15) is 17.6 Å². The van der Waals surface area contributed by atoms with Crippen molar-refractivity contribution in [1.29, 1.82) is 0 Å². The number of halogens is 4. The molecule has 9 heteroatoms. The third-order valence-electron chi connectivity index (χ3n) is 5.06. The van der Waals surface area contributed by atoms with Crippen LogP contribution in [0.5, 0.6) is 5.75 Å². The summed E-state index contributed by atoms with van der Waals surface area (Å²) in [5, 5.41) is 0.726. The number of hydrogen-bond acceptors (Lipinski definition) is 4. The second kappa shape index (κ2) is 7.21. The van der Waals surface area contributed by atoms with Gasteiger partial charge < -0.3 is 14.0 Å². The van der Waals surface area contributed by atoms with E-state index in [1.54, 1.807) is 4.57 Å². The summed E-state index contributed by atoms with van der Waals surface area (Å²) < 4.78 is 67.1. The molecule has 0 spiro atoms. The summed E-state index contributed by atoms with van der Waals surface area (Å²) in [5.74, 6) is -0.628. The molecule has 0 radical (unpaired) electrons. The van der Waals surface area contributed by atoms with E-state index in [2.05, 4.69) is 9.88 Å². The van der Waals surface area contributed by atoms with Crippen LogP contribution in [-0.2, 0) is 17.5 Å². The Hall–Kier alpha value is -2.39. The van der Waals surface area contributed by atoms with E-state index in [4.69, 9.17) is 9.47 Å². The topological polar surface area (TPSA) is 39.5 Å². The number of nitrogens with zero attached hydrogens (tertiary/aromatic N) is 3. The lowest BCUT2D eigenvalue weighted by atomic mass is 10.1. The average molecular weight is 397 g/mol. The van der Waals surface area contributed by atoms with Gasteiger partial charge in [-0.15, -0.1) is 0 Å². The highest BCUT2D eigenvalue weighted by molar-refractivity contribution is 6.09. The molecule has 3 aromatic rings. The second-order valence-corrected chi connectivity index (χ2v) is 6.66. The molecule has 1 aliphatic rings. The first-order chi connectivity index (χ1) is 13.4. The van der Waals surface area contributed by atoms with Crippen LogP contribution in [0.2, 0.25) is 0 Å². The number of fused-ring (bicyclic) bond motifs is 3. The van der Waals surface area contributed by atoms with Crippen molar-refractivity contribution in [3.8, 4) is 5.75 Å². The molecule has 1 aliphatic heterocycles. The number of morpholine rings is 1. The SMILES string of the molecule is COc1cc2c(cc1F)c1ccnc(C(F)(F)F)c1n2CCN1CCOCC1. The fraction of sp³-hybridized carbons (Fsp3) is 0.421. The van der Waals surface area contributed by atoms with Crippen molar-refractivity contribution in [2.75, 3.05) is 40.0 Å². The van der Waals surface area contributed by atoms with E-state index in [1.807, 2.05) is 0 Å². The van der Waals surface area contributed by atoms with Crippen molar-refractivity contribution >= 4 is 21.8 Å². The predicted molar refractivity (Wildman–Crippen MR) is 96.0 cm³/mol. The van der Waals surface area contributed by atoms with Crippen LogP contribution >= 0.6 is 0 Å². The maximum atomic E-state index is 14.3. The Morgan fingerprint density at radius 3 is 2.57 bits per heavy atom. The van der Waals surface area contributed by atoms with Gasteiger partial charge in [0.15, 0.2) is 17.3 Å². The zero-order valence-corrected chi connectivity index (χ0v) is 15.2. The van der Waals surface area contributed by atoms with E-state index in [-0.39, 0.29) is 11.3 Å². The van der Waals surface area contributed by atoms with E-state index in [1.165, 1.54) is 25.3 Å². The fourth-order valence-electron chi connectivity index (χ4n) is 3.71. The molecule has 1 aromatic carbocycles. The standard InChI is InChI=1S/C19H19F4N3O2/c1-27-16-11-15-13(10-14(16)20)12-2-3-24-18(19(21,22)23)17(12)26(15)5-4-25-6-8-28-9-7-25/h2-3,10-11H,4-9H2,1H3. The molecule has 0 amide bonds. The van der Waals surface area contributed by atoms with Gasteiger partial charge in [0, 0.05) is 49.2 Å². The highest BCUT2D eigenvalue weighted by Gasteiger charge is 2.36. The molecular weight excluding hydrogens is 378 g/mol. The van der Waals surface area contributed by atoms with Gasteiger partial charge in [0.25, 0.3) is 0 Å². The zero-order valence-electron chi connectivity index (χ0n) is 15.2. The summed E-state index contributed by atoms with van der Waals surface area (Å²) in [6, 6.07) is 4.16. The number of rotatable bonds is 4. The molecule has 0 atom stereocenters. The quantitative estimate of drug-likeness (QED) is 0.630. The predicted octanol–water partition coefficient (Wildman–Crippen LogP) is 3.69. The molecule has 0 N–H and O–H groups in total. The Morgan fingerprint density at radius 1 is 1.14 bits per heavy atom. The Kier molecular flexibility index (Phi) is 4.88. The van der Waals surface area contributed by atoms with Crippen LogP contribution in [0.4, 0.5) is 17.6 Å². The fourth-order valence-corrected chi connectivity index (χ4v) is 3.71. The van der Waals surface area contributed by atoms with Gasteiger partial charge in [-0.1, -0.05) is 0 Å². The molecule has 0 saturated carbocycles. The third-order valence-corrected chi connectivity index (χ3v) is 5.06. The Morgan fingerprint density at radius 2 is 1.89 bits per heavy atom. The largest absolute Gasteiger partial charge is 0.494 e. The second-order valence-electron chi connectivity index (χ2n) is 6.66. The first-order valence-electron chi connectivity index (χ1n) is 8.92. The van der Waals surface area contributed by atoms with Crippen LogP contribution in [0, 0.1) is 5.82 Å². The molecule has 0 bridgehead atoms. The average Bonchev–Trinajstić information content (AvgIpc) is 2.98. The molecule has 2 aromatic heterocycles. The van der Waals surface area contributed by atoms with Crippen LogP contribution in [0.1, 0.15) is 5.69 Å². The lowest BCUT2D eigenvalue weighted by Crippen LogP contribution is -2.38. The molecular formula is C19H19F4N3O2. The van der Waals surface area contributed by atoms with Crippen LogP contribution < -0.4 is 4.74 Å². The van der Waals surface area contributed by atoms with E-state index in [0.29, 0.717) is 42.6 Å². The lowest BCUT2D eigenvalue weighted by Gasteiger charge is -2.27. The van der Waals surface area contributed by atoms with Crippen molar-refractivity contribution in [3.05, 3.63) is 35.9 Å². The van der Waals surface area contributed by atoms with Crippen LogP contribution in [-0.4, -0.2) is 54.4 Å². The number of ether oxygens (including phenoxy) is 2. The molecule has 0 aliphatic carbocycles. The summed E-state index contributed by atoms with van der Waals surface area (Å²) in [4.78, 5) is 5.72. The minimum atomic E-state index is -4.62. The van der Waals surface area contributed by atoms with Gasteiger partial charge in [-0.2, -0.15) is 13.2 Å². The summed E-state index contributed by atoms with van der Waals surface area (Å²) in [5.41, 5.74) is -0.520. The Balaban J connectivity index is 1.91. The van der Waals surface area contributed by atoms with Gasteiger partial charge in [-0.3, -0.25) is 4.90 Å². The van der Waals surface area contributed by atoms with E-state index in [0.717, 1.165) is 19.3 Å². The van der Waals surface area contributed by atoms with E-state index >= 15 is 0 Å². The summed E-state index contributed by atoms with van der Waals surface area (Å²) in [7, 11) is 1.33. The summed E-state index contributed by atoms with van der Waals surface area (Å²) in [6.45, 7) is 3.50. The van der Waals surface area contributed by atoms with Crippen molar-refractivity contribution in [2.45, 2.75) is 12.7 Å². The molecule has 1 saturated heterocycles. The number of hydrogen-bond donors (Lipinski definition) is 0. The minimum absolute atomic E-state index is 0.00977. The lowest BCUT2D eigenvalue weighted by molar-refractivity contribution is -0.140. The van der Waals surface area contributed by atoms with Gasteiger partial charge in [0.1, 0.15) is 0 Å². The molecule has 150 valence electrons. The number of pyridine rings is 1. The molecule has 1 fully saturated rings. The normalized spacial score (nSPS) is 16.2. The number of benzene rings is 1. The van der Waals surface area contributed by atoms with Crippen molar-refractivity contribution < 1.29 is 27.0 Å². The molecule has 3 heterocycles. The molecule has 0 unspecified atom stereocenters. The number of methoxy groups -OCH3 is 1. The van der Waals surface area contributed by atoms with Gasteiger partial charge in [-0.05, 0) is 12.1 Å². The van der Waals surface area contributed by atoms with E-state index < -0.39 is 17.7 Å². The highest BCUT2D eigenvalue weighted by atomic mass is 19.4. The highest BCUT2D eigenvalue weighted by Crippen LogP contribution is 2.39. The van der Waals surface area contributed by atoms with Crippen LogP contribution in [0.25, 0.3) is 21.8 Å². The summed E-state index contributed by atoms with van der Waals surface area (Å²) >= 11 is 0. The zero-order chi connectivity index (χ0) is 19.9. The molecule has 28 heavy (non-hydrogen) atoms. The van der Waals surface area contributed by atoms with Crippen LogP contribution in [0.15, 0.2) is 24.4 Å². The van der Waals surface area contributed by atoms with Gasteiger partial charge in [0.2, 0.25) is 0 Å². The third kappa shape index (κ3) is 3.29. The number of alkyl halides is 3. The molecule has 5 nitrogen and oxygen atoms in total. The maximum Gasteiger partial charge on any atom is 0.435 e. The van der Waals surface area contributed by atoms with Crippen molar-refractivity contribution in [1.82, 2.24) is 14.5 Å².